The largest absolute Gasteiger partial charge is 0.497 e. The second-order valence-electron chi connectivity index (χ2n) is 3.38. The number of methoxy groups -OCH3 is 1. The monoisotopic (exact) mass is 272 g/mol. The SMILES string of the molecule is CCCC[SiH](Br)c1ccc(OC)cc1. The van der Waals surface area contributed by atoms with E-state index in [1.54, 1.807) is 7.11 Å². The van der Waals surface area contributed by atoms with Crippen molar-refractivity contribution in [3.8, 4) is 5.75 Å². The number of unbranched alkanes of at least 4 members (excludes halogenated alkanes) is 1. The van der Waals surface area contributed by atoms with Gasteiger partial charge in [-0.25, -0.2) is 0 Å². The number of hydrogen-bond acceptors (Lipinski definition) is 1. The zero-order valence-electron chi connectivity index (χ0n) is 8.79. The van der Waals surface area contributed by atoms with Crippen LogP contribution in [0.4, 0.5) is 0 Å². The van der Waals surface area contributed by atoms with E-state index in [9.17, 15) is 0 Å². The van der Waals surface area contributed by atoms with Crippen molar-refractivity contribution in [1.29, 1.82) is 0 Å². The van der Waals surface area contributed by atoms with Gasteiger partial charge in [-0.15, -0.1) is 15.3 Å². The first-order chi connectivity index (χ1) is 6.77. The number of hydrogen-bond donors (Lipinski definition) is 0. The average molecular weight is 273 g/mol. The van der Waals surface area contributed by atoms with E-state index < -0.39 is 7.42 Å². The Kier molecular flexibility index (Phi) is 5.26. The highest BCUT2D eigenvalue weighted by molar-refractivity contribution is 9.25. The lowest BCUT2D eigenvalue weighted by atomic mass is 10.3. The summed E-state index contributed by atoms with van der Waals surface area (Å²) in [7, 11) is 0.851. The van der Waals surface area contributed by atoms with Crippen LogP contribution in [0.2, 0.25) is 6.04 Å². The van der Waals surface area contributed by atoms with E-state index in [1.165, 1.54) is 24.1 Å². The molecule has 1 nitrogen and oxygen atoms in total. The van der Waals surface area contributed by atoms with E-state index in [0.29, 0.717) is 0 Å². The van der Waals surface area contributed by atoms with Crippen molar-refractivity contribution in [2.75, 3.05) is 7.11 Å². The fraction of sp³-hybridized carbons (Fsp3) is 0.455. The van der Waals surface area contributed by atoms with Crippen molar-refractivity contribution in [3.05, 3.63) is 24.3 Å². The molecule has 0 heterocycles. The Morgan fingerprint density at radius 3 is 2.43 bits per heavy atom. The van der Waals surface area contributed by atoms with Crippen LogP contribution in [0.5, 0.6) is 5.75 Å². The van der Waals surface area contributed by atoms with E-state index >= 15 is 0 Å². The Balaban J connectivity index is 2.57. The Morgan fingerprint density at radius 2 is 1.93 bits per heavy atom. The molecule has 1 aromatic carbocycles. The molecule has 0 aliphatic rings. The molecule has 0 fully saturated rings. The van der Waals surface area contributed by atoms with Crippen LogP contribution >= 0.6 is 15.3 Å². The molecule has 0 bridgehead atoms. The highest BCUT2D eigenvalue weighted by Crippen LogP contribution is 2.11. The van der Waals surface area contributed by atoms with Crippen LogP contribution in [0.15, 0.2) is 24.3 Å². The lowest BCUT2D eigenvalue weighted by molar-refractivity contribution is 0.415. The number of rotatable bonds is 5. The minimum Gasteiger partial charge on any atom is -0.497 e. The van der Waals surface area contributed by atoms with Gasteiger partial charge in [-0.1, -0.05) is 37.1 Å². The topological polar surface area (TPSA) is 9.23 Å². The van der Waals surface area contributed by atoms with E-state index in [4.69, 9.17) is 4.74 Å². The highest BCUT2D eigenvalue weighted by Gasteiger charge is 2.08. The summed E-state index contributed by atoms with van der Waals surface area (Å²) in [5.74, 6) is 0.943. The summed E-state index contributed by atoms with van der Waals surface area (Å²) in [5, 5.41) is 1.47. The summed E-state index contributed by atoms with van der Waals surface area (Å²) in [5.41, 5.74) is 0. The van der Waals surface area contributed by atoms with Gasteiger partial charge in [0.2, 0.25) is 0 Å². The van der Waals surface area contributed by atoms with Gasteiger partial charge in [-0.05, 0) is 18.2 Å². The summed E-state index contributed by atoms with van der Waals surface area (Å²) in [6.07, 6.45) is 2.61. The van der Waals surface area contributed by atoms with Crippen LogP contribution < -0.4 is 9.92 Å². The Morgan fingerprint density at radius 1 is 1.29 bits per heavy atom. The molecule has 78 valence electrons. The van der Waals surface area contributed by atoms with E-state index in [-0.39, 0.29) is 0 Å². The van der Waals surface area contributed by atoms with Crippen LogP contribution in [0, 0.1) is 0 Å². The quantitative estimate of drug-likeness (QED) is 0.592. The van der Waals surface area contributed by atoms with Crippen molar-refractivity contribution < 1.29 is 4.74 Å². The summed E-state index contributed by atoms with van der Waals surface area (Å²) in [6.45, 7) is 2.24. The molecule has 0 spiro atoms. The molecule has 3 heteroatoms. The molecule has 0 aromatic heterocycles. The minimum atomic E-state index is -0.853. The number of halogens is 1. The van der Waals surface area contributed by atoms with Gasteiger partial charge in [0.05, 0.1) is 7.11 Å². The third kappa shape index (κ3) is 3.46. The van der Waals surface area contributed by atoms with Crippen LogP contribution in [0.1, 0.15) is 19.8 Å². The molecule has 0 amide bonds. The molecule has 1 unspecified atom stereocenters. The van der Waals surface area contributed by atoms with Gasteiger partial charge in [0.1, 0.15) is 13.2 Å². The molecular weight excluding hydrogens is 256 g/mol. The molecule has 0 saturated carbocycles. The van der Waals surface area contributed by atoms with Gasteiger partial charge >= 0.3 is 0 Å². The molecular formula is C11H17BrOSi. The second kappa shape index (κ2) is 6.25. The van der Waals surface area contributed by atoms with Gasteiger partial charge in [0, 0.05) is 0 Å². The van der Waals surface area contributed by atoms with E-state index in [0.717, 1.165) is 5.75 Å². The summed E-state index contributed by atoms with van der Waals surface area (Å²) >= 11 is 3.83. The predicted molar refractivity (Wildman–Crippen MR) is 68.4 cm³/mol. The molecule has 0 saturated heterocycles. The van der Waals surface area contributed by atoms with Crippen LogP contribution in [-0.2, 0) is 0 Å². The highest BCUT2D eigenvalue weighted by atomic mass is 79.9. The molecule has 1 aromatic rings. The van der Waals surface area contributed by atoms with Gasteiger partial charge in [-0.3, -0.25) is 0 Å². The van der Waals surface area contributed by atoms with Crippen LogP contribution in [0.3, 0.4) is 0 Å². The molecule has 1 rings (SSSR count). The second-order valence-corrected chi connectivity index (χ2v) is 8.88. The first kappa shape index (κ1) is 11.8. The molecule has 14 heavy (non-hydrogen) atoms. The van der Waals surface area contributed by atoms with E-state index in [1.807, 2.05) is 12.1 Å². The predicted octanol–water partition coefficient (Wildman–Crippen LogP) is 2.82. The third-order valence-electron chi connectivity index (χ3n) is 2.29. The maximum atomic E-state index is 5.13. The number of ether oxygens (including phenoxy) is 1. The fourth-order valence-corrected chi connectivity index (χ4v) is 4.96. The van der Waals surface area contributed by atoms with Gasteiger partial charge in [-0.2, -0.15) is 0 Å². The normalized spacial score (nSPS) is 12.5. The minimum absolute atomic E-state index is 0.853. The smallest absolute Gasteiger partial charge is 0.145 e. The molecule has 0 radical (unpaired) electrons. The fourth-order valence-electron chi connectivity index (χ4n) is 1.36. The van der Waals surface area contributed by atoms with Gasteiger partial charge in [0.25, 0.3) is 0 Å². The van der Waals surface area contributed by atoms with Crippen molar-refractivity contribution >= 4 is 27.9 Å². The summed E-state index contributed by atoms with van der Waals surface area (Å²) < 4.78 is 5.13. The van der Waals surface area contributed by atoms with E-state index in [2.05, 4.69) is 34.3 Å². The summed E-state index contributed by atoms with van der Waals surface area (Å²) in [4.78, 5) is 0. The Bertz CT molecular complexity index is 260. The zero-order chi connectivity index (χ0) is 10.4. The molecule has 1 atom stereocenters. The lowest BCUT2D eigenvalue weighted by Gasteiger charge is -2.08. The van der Waals surface area contributed by atoms with Crippen LogP contribution in [-0.4, -0.2) is 14.5 Å². The maximum Gasteiger partial charge on any atom is 0.145 e. The lowest BCUT2D eigenvalue weighted by Crippen LogP contribution is -2.22. The zero-order valence-corrected chi connectivity index (χ0v) is 11.5. The first-order valence-electron chi connectivity index (χ1n) is 5.06. The number of benzene rings is 1. The average Bonchev–Trinajstić information content (AvgIpc) is 2.26. The molecule has 0 aliphatic carbocycles. The van der Waals surface area contributed by atoms with Crippen molar-refractivity contribution in [1.82, 2.24) is 0 Å². The van der Waals surface area contributed by atoms with Crippen molar-refractivity contribution in [2.45, 2.75) is 25.8 Å². The van der Waals surface area contributed by atoms with Gasteiger partial charge in [0.15, 0.2) is 0 Å². The van der Waals surface area contributed by atoms with Gasteiger partial charge < -0.3 is 4.74 Å². The Hall–Kier alpha value is -0.283. The molecule has 0 aliphatic heterocycles. The third-order valence-corrected chi connectivity index (χ3v) is 7.27. The summed E-state index contributed by atoms with van der Waals surface area (Å²) in [6, 6.07) is 9.79. The Labute approximate surface area is 95.7 Å². The molecule has 0 N–H and O–H groups in total. The maximum absolute atomic E-state index is 5.13. The first-order valence-corrected chi connectivity index (χ1v) is 9.63. The van der Waals surface area contributed by atoms with Crippen molar-refractivity contribution in [2.24, 2.45) is 0 Å². The standard InChI is InChI=1S/C11H17BrOSi/c1-3-4-9-14(12)11-7-5-10(13-2)6-8-11/h5-8,14H,3-4,9H2,1-2H3. The van der Waals surface area contributed by atoms with Crippen molar-refractivity contribution in [3.63, 3.8) is 0 Å². The van der Waals surface area contributed by atoms with Crippen LogP contribution in [0.25, 0.3) is 0 Å².